The van der Waals surface area contributed by atoms with E-state index in [-0.39, 0.29) is 0 Å². The van der Waals surface area contributed by atoms with Crippen LogP contribution < -0.4 is 10.6 Å². The van der Waals surface area contributed by atoms with E-state index < -0.39 is 0 Å². The first-order valence-corrected chi connectivity index (χ1v) is 7.79. The van der Waals surface area contributed by atoms with Gasteiger partial charge in [-0.1, -0.05) is 13.8 Å². The summed E-state index contributed by atoms with van der Waals surface area (Å²) in [6.07, 6.45) is 5.32. The maximum atomic E-state index is 4.35. The summed E-state index contributed by atoms with van der Waals surface area (Å²) in [5.74, 6) is 1.65. The van der Waals surface area contributed by atoms with Crippen molar-refractivity contribution in [1.82, 2.24) is 15.6 Å². The molecule has 0 aliphatic carbocycles. The topological polar surface area (TPSA) is 49.3 Å². The number of nitrogens with one attached hydrogen (secondary N) is 2. The average Bonchev–Trinajstić information content (AvgIpc) is 2.78. The zero-order chi connectivity index (χ0) is 14.1. The van der Waals surface area contributed by atoms with Gasteiger partial charge in [-0.2, -0.15) is 0 Å². The molecule has 0 radical (unpaired) electrons. The second-order valence-corrected chi connectivity index (χ2v) is 6.40. The molecule has 1 rings (SSSR count). The van der Waals surface area contributed by atoms with Crippen LogP contribution in [0.3, 0.4) is 0 Å². The fourth-order valence-electron chi connectivity index (χ4n) is 1.74. The highest BCUT2D eigenvalue weighted by Crippen LogP contribution is 2.10. The third-order valence-corrected chi connectivity index (χ3v) is 3.75. The van der Waals surface area contributed by atoms with Gasteiger partial charge >= 0.3 is 0 Å². The van der Waals surface area contributed by atoms with E-state index in [1.54, 1.807) is 11.3 Å². The molecule has 2 N–H and O–H groups in total. The highest BCUT2D eigenvalue weighted by molar-refractivity contribution is 7.11. The van der Waals surface area contributed by atoms with Crippen molar-refractivity contribution in [2.45, 2.75) is 40.0 Å². The highest BCUT2D eigenvalue weighted by atomic mass is 32.1. The van der Waals surface area contributed by atoms with Gasteiger partial charge in [0.2, 0.25) is 0 Å². The summed E-state index contributed by atoms with van der Waals surface area (Å²) in [7, 11) is 1.81. The van der Waals surface area contributed by atoms with Crippen LogP contribution in [0.5, 0.6) is 0 Å². The molecule has 1 aromatic heterocycles. The minimum atomic E-state index is 0.768. The Balaban J connectivity index is 2.15. The molecular formula is C14H26N4S. The third kappa shape index (κ3) is 7.15. The number of aryl methyl sites for hydroxylation is 1. The van der Waals surface area contributed by atoms with Crippen LogP contribution in [-0.4, -0.2) is 31.1 Å². The Labute approximate surface area is 120 Å². The van der Waals surface area contributed by atoms with Gasteiger partial charge in [-0.15, -0.1) is 11.3 Å². The number of hydrogen-bond acceptors (Lipinski definition) is 3. The second-order valence-electron chi connectivity index (χ2n) is 5.08. The SMILES string of the molecule is CN=C(NCCCC(C)C)NCCc1ncc(C)s1. The van der Waals surface area contributed by atoms with Crippen LogP contribution in [0.25, 0.3) is 0 Å². The van der Waals surface area contributed by atoms with E-state index in [0.29, 0.717) is 0 Å². The predicted molar refractivity (Wildman–Crippen MR) is 84.0 cm³/mol. The number of thiazole rings is 1. The van der Waals surface area contributed by atoms with Crippen LogP contribution in [0.15, 0.2) is 11.2 Å². The number of hydrogen-bond donors (Lipinski definition) is 2. The van der Waals surface area contributed by atoms with E-state index in [4.69, 9.17) is 0 Å². The Morgan fingerprint density at radius 1 is 1.37 bits per heavy atom. The van der Waals surface area contributed by atoms with Crippen LogP contribution in [0.2, 0.25) is 0 Å². The molecule has 0 bridgehead atoms. The van der Waals surface area contributed by atoms with Crippen LogP contribution in [-0.2, 0) is 6.42 Å². The number of rotatable bonds is 7. The molecule has 0 aliphatic rings. The van der Waals surface area contributed by atoms with Crippen molar-refractivity contribution in [3.05, 3.63) is 16.1 Å². The minimum Gasteiger partial charge on any atom is -0.356 e. The summed E-state index contributed by atoms with van der Waals surface area (Å²) in [5.41, 5.74) is 0. The molecule has 0 aromatic carbocycles. The monoisotopic (exact) mass is 282 g/mol. The molecule has 0 amide bonds. The highest BCUT2D eigenvalue weighted by Gasteiger charge is 2.01. The van der Waals surface area contributed by atoms with Gasteiger partial charge in [-0.3, -0.25) is 4.99 Å². The maximum Gasteiger partial charge on any atom is 0.190 e. The van der Waals surface area contributed by atoms with Crippen molar-refractivity contribution in [3.63, 3.8) is 0 Å². The molecule has 0 saturated heterocycles. The van der Waals surface area contributed by atoms with E-state index >= 15 is 0 Å². The molecule has 0 aliphatic heterocycles. The van der Waals surface area contributed by atoms with E-state index in [0.717, 1.165) is 31.4 Å². The molecule has 1 heterocycles. The summed E-state index contributed by atoms with van der Waals surface area (Å²) in [6, 6.07) is 0. The molecule has 0 atom stereocenters. The Hall–Kier alpha value is -1.10. The van der Waals surface area contributed by atoms with Gasteiger partial charge in [0.1, 0.15) is 0 Å². The number of guanidine groups is 1. The first-order chi connectivity index (χ1) is 9.11. The normalized spacial score (nSPS) is 11.9. The predicted octanol–water partition coefficient (Wildman–Crippen LogP) is 2.60. The fraction of sp³-hybridized carbons (Fsp3) is 0.714. The number of aliphatic imine (C=N–C) groups is 1. The summed E-state index contributed by atoms with van der Waals surface area (Å²) >= 11 is 1.76. The third-order valence-electron chi connectivity index (χ3n) is 2.77. The first-order valence-electron chi connectivity index (χ1n) is 6.97. The smallest absolute Gasteiger partial charge is 0.190 e. The Morgan fingerprint density at radius 2 is 2.11 bits per heavy atom. The van der Waals surface area contributed by atoms with Crippen LogP contribution in [0, 0.1) is 12.8 Å². The summed E-state index contributed by atoms with van der Waals surface area (Å²) in [4.78, 5) is 9.84. The van der Waals surface area contributed by atoms with Gasteiger partial charge < -0.3 is 10.6 Å². The van der Waals surface area contributed by atoms with Gasteiger partial charge in [0.05, 0.1) is 5.01 Å². The number of nitrogens with zero attached hydrogens (tertiary/aromatic N) is 2. The van der Waals surface area contributed by atoms with E-state index in [1.165, 1.54) is 22.7 Å². The molecule has 0 saturated carbocycles. The van der Waals surface area contributed by atoms with Crippen LogP contribution in [0.1, 0.15) is 36.6 Å². The first kappa shape index (κ1) is 16.0. The standard InChI is InChI=1S/C14H26N4S/c1-11(2)6-5-8-16-14(15-4)17-9-7-13-18-10-12(3)19-13/h10-11H,5-9H2,1-4H3,(H2,15,16,17). The molecule has 19 heavy (non-hydrogen) atoms. The zero-order valence-electron chi connectivity index (χ0n) is 12.5. The van der Waals surface area contributed by atoms with Crippen molar-refractivity contribution in [2.75, 3.05) is 20.1 Å². The average molecular weight is 282 g/mol. The van der Waals surface area contributed by atoms with Crippen LogP contribution in [0.4, 0.5) is 0 Å². The lowest BCUT2D eigenvalue weighted by atomic mass is 10.1. The summed E-state index contributed by atoms with van der Waals surface area (Å²) in [6.45, 7) is 8.45. The molecular weight excluding hydrogens is 256 g/mol. The molecule has 0 spiro atoms. The second kappa shape index (κ2) is 8.91. The summed E-state index contributed by atoms with van der Waals surface area (Å²) in [5, 5.41) is 7.84. The lowest BCUT2D eigenvalue weighted by Gasteiger charge is -2.11. The van der Waals surface area contributed by atoms with Gasteiger partial charge in [-0.05, 0) is 25.7 Å². The lowest BCUT2D eigenvalue weighted by molar-refractivity contribution is 0.549. The van der Waals surface area contributed by atoms with Gasteiger partial charge in [0, 0.05) is 37.6 Å². The fourth-order valence-corrected chi connectivity index (χ4v) is 2.53. The van der Waals surface area contributed by atoms with Crippen molar-refractivity contribution < 1.29 is 0 Å². The van der Waals surface area contributed by atoms with E-state index in [2.05, 4.69) is 41.4 Å². The molecule has 0 unspecified atom stereocenters. The van der Waals surface area contributed by atoms with Gasteiger partial charge in [0.15, 0.2) is 5.96 Å². The summed E-state index contributed by atoms with van der Waals surface area (Å²) < 4.78 is 0. The molecule has 5 heteroatoms. The molecule has 108 valence electrons. The van der Waals surface area contributed by atoms with Gasteiger partial charge in [-0.25, -0.2) is 4.98 Å². The van der Waals surface area contributed by atoms with Crippen molar-refractivity contribution in [1.29, 1.82) is 0 Å². The molecule has 0 fully saturated rings. The maximum absolute atomic E-state index is 4.35. The quantitative estimate of drug-likeness (QED) is 0.459. The van der Waals surface area contributed by atoms with Crippen molar-refractivity contribution in [2.24, 2.45) is 10.9 Å². The van der Waals surface area contributed by atoms with E-state index in [9.17, 15) is 0 Å². The van der Waals surface area contributed by atoms with E-state index in [1.807, 2.05) is 13.2 Å². The Morgan fingerprint density at radius 3 is 2.68 bits per heavy atom. The van der Waals surface area contributed by atoms with Crippen molar-refractivity contribution in [3.8, 4) is 0 Å². The van der Waals surface area contributed by atoms with Gasteiger partial charge in [0.25, 0.3) is 0 Å². The Bertz CT molecular complexity index is 385. The number of aromatic nitrogens is 1. The zero-order valence-corrected chi connectivity index (χ0v) is 13.3. The largest absolute Gasteiger partial charge is 0.356 e. The van der Waals surface area contributed by atoms with Crippen LogP contribution >= 0.6 is 11.3 Å². The lowest BCUT2D eigenvalue weighted by Crippen LogP contribution is -2.38. The molecule has 1 aromatic rings. The minimum absolute atomic E-state index is 0.768. The molecule has 4 nitrogen and oxygen atoms in total. The van der Waals surface area contributed by atoms with Crippen molar-refractivity contribution >= 4 is 17.3 Å². The Kier molecular flexibility index (Phi) is 7.48.